The predicted molar refractivity (Wildman–Crippen MR) is 82.1 cm³/mol. The van der Waals surface area contributed by atoms with Crippen molar-refractivity contribution < 1.29 is 4.79 Å². The zero-order valence-electron chi connectivity index (χ0n) is 11.3. The van der Waals surface area contributed by atoms with Gasteiger partial charge in [0.15, 0.2) is 5.16 Å². The summed E-state index contributed by atoms with van der Waals surface area (Å²) in [4.78, 5) is 16.8. The SMILES string of the molecule is Cc1ccc(C(=O)Sc2nc3ccccc3n2C)cc1. The number of hydrogen-bond acceptors (Lipinski definition) is 3. The molecule has 0 aliphatic heterocycles. The van der Waals surface area contributed by atoms with Gasteiger partial charge in [-0.15, -0.1) is 0 Å². The zero-order valence-corrected chi connectivity index (χ0v) is 12.1. The number of aryl methyl sites for hydroxylation is 2. The smallest absolute Gasteiger partial charge is 0.227 e. The number of rotatable bonds is 2. The lowest BCUT2D eigenvalue weighted by Gasteiger charge is -2.02. The van der Waals surface area contributed by atoms with E-state index < -0.39 is 0 Å². The number of benzene rings is 2. The number of thioether (sulfide) groups is 1. The van der Waals surface area contributed by atoms with E-state index in [0.717, 1.165) is 21.8 Å². The highest BCUT2D eigenvalue weighted by Gasteiger charge is 2.14. The van der Waals surface area contributed by atoms with Crippen LogP contribution in [0.1, 0.15) is 15.9 Å². The van der Waals surface area contributed by atoms with Crippen molar-refractivity contribution in [2.24, 2.45) is 7.05 Å². The van der Waals surface area contributed by atoms with Crippen LogP contribution in [0.4, 0.5) is 0 Å². The molecule has 3 aromatic rings. The van der Waals surface area contributed by atoms with E-state index in [-0.39, 0.29) is 5.12 Å². The van der Waals surface area contributed by atoms with Crippen molar-refractivity contribution in [2.45, 2.75) is 12.1 Å². The van der Waals surface area contributed by atoms with E-state index in [1.54, 1.807) is 0 Å². The van der Waals surface area contributed by atoms with E-state index in [1.165, 1.54) is 11.8 Å². The standard InChI is InChI=1S/C16H14N2OS/c1-11-7-9-12(10-8-11)15(19)20-16-17-13-5-3-4-6-14(13)18(16)2/h3-10H,1-2H3. The first-order chi connectivity index (χ1) is 9.65. The summed E-state index contributed by atoms with van der Waals surface area (Å²) in [5.74, 6) is 0. The molecular formula is C16H14N2OS. The number of fused-ring (bicyclic) bond motifs is 1. The molecule has 0 aliphatic carbocycles. The lowest BCUT2D eigenvalue weighted by Crippen LogP contribution is -1.97. The van der Waals surface area contributed by atoms with Crippen molar-refractivity contribution >= 4 is 27.9 Å². The minimum atomic E-state index is 0.0170. The lowest BCUT2D eigenvalue weighted by atomic mass is 10.2. The van der Waals surface area contributed by atoms with Gasteiger partial charge in [-0.25, -0.2) is 4.98 Å². The monoisotopic (exact) mass is 282 g/mol. The zero-order chi connectivity index (χ0) is 14.1. The number of para-hydroxylation sites is 2. The van der Waals surface area contributed by atoms with Gasteiger partial charge >= 0.3 is 0 Å². The van der Waals surface area contributed by atoms with Crippen LogP contribution in [0, 0.1) is 6.92 Å². The highest BCUT2D eigenvalue weighted by Crippen LogP contribution is 2.25. The van der Waals surface area contributed by atoms with E-state index in [1.807, 2.05) is 67.1 Å². The first-order valence-corrected chi connectivity index (χ1v) is 7.17. The van der Waals surface area contributed by atoms with Gasteiger partial charge in [-0.3, -0.25) is 4.79 Å². The Balaban J connectivity index is 1.91. The molecule has 0 saturated carbocycles. The molecule has 3 rings (SSSR count). The molecule has 0 atom stereocenters. The fraction of sp³-hybridized carbons (Fsp3) is 0.125. The molecule has 20 heavy (non-hydrogen) atoms. The Morgan fingerprint density at radius 3 is 2.50 bits per heavy atom. The molecule has 1 aromatic heterocycles. The Hall–Kier alpha value is -2.07. The third-order valence-electron chi connectivity index (χ3n) is 3.22. The summed E-state index contributed by atoms with van der Waals surface area (Å²) in [6, 6.07) is 15.5. The Labute approximate surface area is 121 Å². The van der Waals surface area contributed by atoms with Crippen LogP contribution in [0.2, 0.25) is 0 Å². The second-order valence-corrected chi connectivity index (χ2v) is 5.64. The average Bonchev–Trinajstić information content (AvgIpc) is 2.77. The molecule has 4 heteroatoms. The molecule has 0 aliphatic rings. The van der Waals surface area contributed by atoms with Gasteiger partial charge in [-0.05, 0) is 30.8 Å². The third-order valence-corrected chi connectivity index (χ3v) is 4.19. The summed E-state index contributed by atoms with van der Waals surface area (Å²) < 4.78 is 1.95. The van der Waals surface area contributed by atoms with Gasteiger partial charge in [0.05, 0.1) is 11.0 Å². The van der Waals surface area contributed by atoms with Crippen molar-refractivity contribution in [1.82, 2.24) is 9.55 Å². The van der Waals surface area contributed by atoms with Crippen molar-refractivity contribution in [3.8, 4) is 0 Å². The van der Waals surface area contributed by atoms with E-state index in [9.17, 15) is 4.79 Å². The van der Waals surface area contributed by atoms with Crippen molar-refractivity contribution in [1.29, 1.82) is 0 Å². The maximum absolute atomic E-state index is 12.3. The summed E-state index contributed by atoms with van der Waals surface area (Å²) in [6.07, 6.45) is 0. The van der Waals surface area contributed by atoms with Crippen molar-refractivity contribution in [3.05, 3.63) is 59.7 Å². The fourth-order valence-corrected chi connectivity index (χ4v) is 2.85. The molecule has 0 saturated heterocycles. The van der Waals surface area contributed by atoms with E-state index >= 15 is 0 Å². The van der Waals surface area contributed by atoms with E-state index in [2.05, 4.69) is 4.98 Å². The van der Waals surface area contributed by atoms with Gasteiger partial charge < -0.3 is 4.57 Å². The van der Waals surface area contributed by atoms with Crippen molar-refractivity contribution in [2.75, 3.05) is 0 Å². The summed E-state index contributed by atoms with van der Waals surface area (Å²) in [5, 5.41) is 0.736. The van der Waals surface area contributed by atoms with Crippen LogP contribution in [-0.4, -0.2) is 14.7 Å². The highest BCUT2D eigenvalue weighted by molar-refractivity contribution is 8.14. The normalized spacial score (nSPS) is 10.9. The molecule has 0 bridgehead atoms. The lowest BCUT2D eigenvalue weighted by molar-refractivity contribution is 0.108. The summed E-state index contributed by atoms with van der Waals surface area (Å²) in [5.41, 5.74) is 3.79. The van der Waals surface area contributed by atoms with Crippen LogP contribution < -0.4 is 0 Å². The second-order valence-electron chi connectivity index (χ2n) is 4.70. The molecule has 0 amide bonds. The van der Waals surface area contributed by atoms with Gasteiger partial charge in [0.2, 0.25) is 5.12 Å². The third kappa shape index (κ3) is 2.34. The van der Waals surface area contributed by atoms with Crippen LogP contribution >= 0.6 is 11.8 Å². The molecule has 0 unspecified atom stereocenters. The van der Waals surface area contributed by atoms with Crippen LogP contribution in [0.5, 0.6) is 0 Å². The van der Waals surface area contributed by atoms with E-state index in [4.69, 9.17) is 0 Å². The number of hydrogen-bond donors (Lipinski definition) is 0. The van der Waals surface area contributed by atoms with Crippen LogP contribution in [0.25, 0.3) is 11.0 Å². The van der Waals surface area contributed by atoms with Crippen molar-refractivity contribution in [3.63, 3.8) is 0 Å². The number of carbonyl (C=O) groups excluding carboxylic acids is 1. The Bertz CT molecular complexity index is 775. The Morgan fingerprint density at radius 1 is 1.10 bits per heavy atom. The minimum absolute atomic E-state index is 0.0170. The van der Waals surface area contributed by atoms with E-state index in [0.29, 0.717) is 5.56 Å². The molecule has 0 N–H and O–H groups in total. The molecule has 2 aromatic carbocycles. The maximum atomic E-state index is 12.3. The predicted octanol–water partition coefficient (Wildman–Crippen LogP) is 3.81. The Morgan fingerprint density at radius 2 is 1.80 bits per heavy atom. The maximum Gasteiger partial charge on any atom is 0.227 e. The number of carbonyl (C=O) groups is 1. The average molecular weight is 282 g/mol. The first kappa shape index (κ1) is 12.9. The topological polar surface area (TPSA) is 34.9 Å². The number of imidazole rings is 1. The molecule has 100 valence electrons. The fourth-order valence-electron chi connectivity index (χ4n) is 2.05. The summed E-state index contributed by atoms with van der Waals surface area (Å²) in [7, 11) is 1.93. The first-order valence-electron chi connectivity index (χ1n) is 6.35. The van der Waals surface area contributed by atoms with Gasteiger partial charge in [0, 0.05) is 12.6 Å². The van der Waals surface area contributed by atoms with Crippen LogP contribution in [-0.2, 0) is 7.05 Å². The highest BCUT2D eigenvalue weighted by atomic mass is 32.2. The minimum Gasteiger partial charge on any atom is -0.322 e. The van der Waals surface area contributed by atoms with Gasteiger partial charge in [0.25, 0.3) is 0 Å². The van der Waals surface area contributed by atoms with Gasteiger partial charge in [-0.2, -0.15) is 0 Å². The molecule has 3 nitrogen and oxygen atoms in total. The summed E-state index contributed by atoms with van der Waals surface area (Å²) in [6.45, 7) is 2.01. The Kier molecular flexibility index (Phi) is 3.32. The molecule has 0 radical (unpaired) electrons. The molecular weight excluding hydrogens is 268 g/mol. The number of aromatic nitrogens is 2. The summed E-state index contributed by atoms with van der Waals surface area (Å²) >= 11 is 1.17. The number of nitrogens with zero attached hydrogens (tertiary/aromatic N) is 2. The molecule has 0 spiro atoms. The van der Waals surface area contributed by atoms with Crippen LogP contribution in [0.15, 0.2) is 53.7 Å². The quantitative estimate of drug-likeness (QED) is 0.670. The van der Waals surface area contributed by atoms with Gasteiger partial charge in [-0.1, -0.05) is 42.0 Å². The van der Waals surface area contributed by atoms with Crippen LogP contribution in [0.3, 0.4) is 0 Å². The largest absolute Gasteiger partial charge is 0.322 e. The molecule has 0 fully saturated rings. The molecule has 1 heterocycles. The second kappa shape index (κ2) is 5.13. The van der Waals surface area contributed by atoms with Gasteiger partial charge in [0.1, 0.15) is 0 Å².